The molecule has 2 aromatic heterocycles. The Kier molecular flexibility index (Phi) is 29.1. The van der Waals surface area contributed by atoms with E-state index >= 15 is 0 Å². The molecule has 8 aromatic rings. The first-order chi connectivity index (χ1) is 47.5. The zero-order chi connectivity index (χ0) is 71.8. The summed E-state index contributed by atoms with van der Waals surface area (Å²) < 4.78 is 25.1. The average Bonchev–Trinajstić information content (AvgIpc) is 0.931. The smallest absolute Gasteiger partial charge is 0.356 e. The third-order valence-corrected chi connectivity index (χ3v) is 28.0. The van der Waals surface area contributed by atoms with E-state index < -0.39 is 22.6 Å². The van der Waals surface area contributed by atoms with Crippen molar-refractivity contribution >= 4 is 61.4 Å². The summed E-state index contributed by atoms with van der Waals surface area (Å²) in [5.74, 6) is -0.861. The van der Waals surface area contributed by atoms with Crippen LogP contribution in [0.1, 0.15) is 172 Å². The number of isocyanates is 1. The molecule has 0 unspecified atom stereocenters. The van der Waals surface area contributed by atoms with Crippen LogP contribution in [0.15, 0.2) is 199 Å². The minimum atomic E-state index is -2.79. The number of hydrogen-bond donors (Lipinski definition) is 2. The van der Waals surface area contributed by atoms with Crippen molar-refractivity contribution in [3.05, 3.63) is 228 Å². The second-order valence-electron chi connectivity index (χ2n) is 27.2. The molecule has 2 N–H and O–H groups in total. The normalized spacial score (nSPS) is 14.1. The van der Waals surface area contributed by atoms with Crippen LogP contribution in [0.25, 0.3) is 22.5 Å². The molecule has 4 heterocycles. The van der Waals surface area contributed by atoms with Gasteiger partial charge in [-0.3, -0.25) is 0 Å². The highest BCUT2D eigenvalue weighted by atomic mass is 28.4. The van der Waals surface area contributed by atoms with Crippen molar-refractivity contribution < 1.29 is 37.5 Å². The lowest BCUT2D eigenvalue weighted by Gasteiger charge is -2.43. The zero-order valence-electron chi connectivity index (χ0n) is 61.1. The van der Waals surface area contributed by atoms with Crippen LogP contribution in [0.5, 0.6) is 0 Å². The molecule has 0 radical (unpaired) electrons. The Hall–Kier alpha value is -8.52. The molecule has 17 heteroatoms. The third kappa shape index (κ3) is 19.5. The Morgan fingerprint density at radius 3 is 1.27 bits per heavy atom. The van der Waals surface area contributed by atoms with E-state index in [2.05, 4.69) is 192 Å². The number of benzene rings is 6. The largest absolute Gasteiger partial charge is 0.461 e. The molecule has 2 aliphatic heterocycles. The second kappa shape index (κ2) is 37.1. The summed E-state index contributed by atoms with van der Waals surface area (Å²) in [6.45, 7) is 37.6. The van der Waals surface area contributed by atoms with Gasteiger partial charge in [-0.05, 0) is 134 Å². The molecule has 15 nitrogen and oxygen atoms in total. The molecular formula is C82H105N7O8Si2. The van der Waals surface area contributed by atoms with E-state index in [0.29, 0.717) is 50.7 Å². The number of esters is 2. The number of aliphatic imine (C=N–C) groups is 1. The monoisotopic (exact) mass is 1370 g/mol. The molecular weight excluding hydrogens is 1270 g/mol. The number of hydrogen-bond acceptors (Lipinski definition) is 13. The van der Waals surface area contributed by atoms with Crippen LogP contribution < -0.4 is 31.4 Å². The lowest BCUT2D eigenvalue weighted by atomic mass is 9.96. The number of carbonyl (C=O) groups is 3. The third-order valence-electron chi connectivity index (χ3n) is 17.9. The first-order valence-electron chi connectivity index (χ1n) is 35.2. The molecule has 6 aromatic carbocycles. The number of pyridine rings is 2. The fraction of sp³-hybridized carbons (Fsp3) is 0.390. The number of urea groups is 1. The van der Waals surface area contributed by atoms with Crippen LogP contribution >= 0.6 is 0 Å². The van der Waals surface area contributed by atoms with Crippen molar-refractivity contribution in [1.82, 2.24) is 30.4 Å². The summed E-state index contributed by atoms with van der Waals surface area (Å²) in [5.41, 5.74) is 8.07. The summed E-state index contributed by atoms with van der Waals surface area (Å²) in [5, 5.41) is 11.5. The van der Waals surface area contributed by atoms with Crippen molar-refractivity contribution in [2.75, 3.05) is 46.1 Å². The van der Waals surface area contributed by atoms with Gasteiger partial charge < -0.3 is 38.8 Å². The molecule has 2 amide bonds. The van der Waals surface area contributed by atoms with Gasteiger partial charge in [0.1, 0.15) is 11.4 Å². The number of nitrogens with zero attached hydrogens (tertiary/aromatic N) is 5. The van der Waals surface area contributed by atoms with Gasteiger partial charge in [0.15, 0.2) is 0 Å². The molecule has 0 saturated carbocycles. The quantitative estimate of drug-likeness (QED) is 0.0269. The van der Waals surface area contributed by atoms with Crippen LogP contribution in [0.2, 0.25) is 10.1 Å². The molecule has 524 valence electrons. The van der Waals surface area contributed by atoms with Crippen molar-refractivity contribution in [2.24, 2.45) is 4.99 Å². The van der Waals surface area contributed by atoms with Crippen molar-refractivity contribution in [2.45, 2.75) is 164 Å². The van der Waals surface area contributed by atoms with E-state index in [1.165, 1.54) is 46.5 Å². The average molecular weight is 1370 g/mol. The molecule has 0 saturated heterocycles. The molecule has 99 heavy (non-hydrogen) atoms. The summed E-state index contributed by atoms with van der Waals surface area (Å²) in [4.78, 5) is 65.9. The maximum absolute atomic E-state index is 13.7. The maximum atomic E-state index is 13.7. The van der Waals surface area contributed by atoms with Gasteiger partial charge in [-0.2, -0.15) is 0 Å². The summed E-state index contributed by atoms with van der Waals surface area (Å²) in [7, 11) is -5.42. The number of aromatic nitrogens is 2. The predicted molar refractivity (Wildman–Crippen MR) is 406 cm³/mol. The maximum Gasteiger partial charge on any atom is 0.356 e. The van der Waals surface area contributed by atoms with Crippen molar-refractivity contribution in [3.63, 3.8) is 0 Å². The van der Waals surface area contributed by atoms with Crippen LogP contribution in [0, 0.1) is 0 Å². The number of amides is 2. The lowest BCUT2D eigenvalue weighted by molar-refractivity contribution is 0.0510. The molecule has 0 aliphatic carbocycles. The standard InChI is InChI=1S/C38H45N3O4Si.C34H38N2O3Si.C6H15N.C4H7NO/c1-7-44-36(42)32-25-29-26-41(37(43)39-27(2)3)33(34(29)35(40-32)28-17-11-8-12-18-28)23-24-45-46(38(4,5)6,30-19-13-9-14-20-30)31-21-15-10-16-22-31;1-5-38-33(37)30-23-26-24-35-29(31(26)32(36-30)25-15-9-6-10-16-25)21-22-39-40(34(2,3)4,27-17-11-7-12-18-27)28-19-13-8-14-20-28;1-4-7(5-2)6-3;1-4(2)5-3-6/h8-22,25,27,33H,7,23-24,26H2,1-6H3,(H,39,43);6-20,23,29,35H,5,21-22,24H2,1-4H3;4-6H2,1-3H3;4H,1-2H3/t33-;29-;;/m11../s1. The molecule has 0 fully saturated rings. The minimum absolute atomic E-state index is 0.0352. The Labute approximate surface area is 591 Å². The molecule has 0 spiro atoms. The van der Waals surface area contributed by atoms with Gasteiger partial charge in [-0.1, -0.05) is 244 Å². The predicted octanol–water partition coefficient (Wildman–Crippen LogP) is 15.0. The van der Waals surface area contributed by atoms with Crippen molar-refractivity contribution in [3.8, 4) is 22.5 Å². The summed E-state index contributed by atoms with van der Waals surface area (Å²) in [6.07, 6.45) is 2.79. The zero-order valence-corrected chi connectivity index (χ0v) is 63.1. The minimum Gasteiger partial charge on any atom is -0.461 e. The number of carbonyl (C=O) groups excluding carboxylic acids is 4. The number of nitrogens with one attached hydrogen (secondary N) is 2. The summed E-state index contributed by atoms with van der Waals surface area (Å²) in [6, 6.07) is 65.9. The highest BCUT2D eigenvalue weighted by Crippen LogP contribution is 2.44. The number of fused-ring (bicyclic) bond motifs is 2. The van der Waals surface area contributed by atoms with E-state index in [4.69, 9.17) is 28.3 Å². The Bertz CT molecular complexity index is 3780. The Morgan fingerprint density at radius 2 is 0.939 bits per heavy atom. The fourth-order valence-electron chi connectivity index (χ4n) is 13.3. The van der Waals surface area contributed by atoms with Crippen LogP contribution in [0.4, 0.5) is 4.79 Å². The van der Waals surface area contributed by atoms with Crippen molar-refractivity contribution in [1.29, 1.82) is 0 Å². The molecule has 10 rings (SSSR count). The number of rotatable bonds is 23. The first-order valence-corrected chi connectivity index (χ1v) is 39.0. The van der Waals surface area contributed by atoms with Gasteiger partial charge in [0, 0.05) is 55.1 Å². The van der Waals surface area contributed by atoms with Gasteiger partial charge in [-0.25, -0.2) is 34.1 Å². The van der Waals surface area contributed by atoms with E-state index in [1.54, 1.807) is 13.0 Å². The van der Waals surface area contributed by atoms with Gasteiger partial charge >= 0.3 is 18.0 Å². The molecule has 2 aliphatic rings. The van der Waals surface area contributed by atoms with Crippen LogP contribution in [-0.2, 0) is 36.2 Å². The van der Waals surface area contributed by atoms with E-state index in [1.807, 2.05) is 118 Å². The fourth-order valence-corrected chi connectivity index (χ4v) is 22.5. The number of ether oxygens (including phenoxy) is 2. The van der Waals surface area contributed by atoms with Gasteiger partial charge in [0.2, 0.25) is 6.08 Å². The van der Waals surface area contributed by atoms with E-state index in [-0.39, 0.29) is 58.5 Å². The van der Waals surface area contributed by atoms with Crippen LogP contribution in [-0.4, -0.2) is 119 Å². The van der Waals surface area contributed by atoms with E-state index in [0.717, 1.165) is 45.5 Å². The molecule has 2 atom stereocenters. The SMILES string of the molecule is CC(C)N=C=O.CCN(CC)CC.CCOC(=O)c1cc2c(c(-c3ccccc3)n1)[C@@H](CCO[Si](c1ccccc1)(c1ccccc1)C(C)(C)C)N(C(=O)NC(C)C)C2.CCOC(=O)c1cc2c(c(-c3ccccc3)n1)[C@@H](CCO[Si](c1ccccc1)(c1ccccc1)C(C)(C)C)NC2. The van der Waals surface area contributed by atoms with E-state index in [9.17, 15) is 19.2 Å². The highest BCUT2D eigenvalue weighted by Gasteiger charge is 2.52. The van der Waals surface area contributed by atoms with Crippen LogP contribution in [0.3, 0.4) is 0 Å². The highest BCUT2D eigenvalue weighted by molar-refractivity contribution is 7.00. The Balaban J connectivity index is 0.000000237. The lowest BCUT2D eigenvalue weighted by Crippen LogP contribution is -2.66. The van der Waals surface area contributed by atoms with Gasteiger partial charge in [-0.15, -0.1) is 0 Å². The van der Waals surface area contributed by atoms with Gasteiger partial charge in [0.25, 0.3) is 16.6 Å². The molecule has 0 bridgehead atoms. The Morgan fingerprint density at radius 1 is 0.566 bits per heavy atom. The van der Waals surface area contributed by atoms with Gasteiger partial charge in [0.05, 0.1) is 36.7 Å². The summed E-state index contributed by atoms with van der Waals surface area (Å²) >= 11 is 0. The second-order valence-corrected chi connectivity index (χ2v) is 35.9. The topological polar surface area (TPSA) is 174 Å². The first kappa shape index (κ1) is 77.8.